The Morgan fingerprint density at radius 3 is 2.35 bits per heavy atom. The molecule has 0 fully saturated rings. The van der Waals surface area contributed by atoms with Gasteiger partial charge in [0.05, 0.1) is 12.6 Å². The minimum Gasteiger partial charge on any atom is -0.380 e. The Bertz CT molecular complexity index is 428. The molecule has 110 valence electrons. The fraction of sp³-hybridized carbons (Fsp3) is 0.500. The van der Waals surface area contributed by atoms with Crippen LogP contribution >= 0.6 is 0 Å². The molecule has 0 radical (unpaired) electrons. The first kappa shape index (κ1) is 15.8. The summed E-state index contributed by atoms with van der Waals surface area (Å²) in [6.07, 6.45) is 2.06. The maximum absolute atomic E-state index is 11.5. The van der Waals surface area contributed by atoms with Gasteiger partial charge in [0.1, 0.15) is 6.54 Å². The first-order chi connectivity index (χ1) is 9.43. The van der Waals surface area contributed by atoms with E-state index >= 15 is 0 Å². The smallest absolute Gasteiger partial charge is 0.254 e. The Morgan fingerprint density at radius 1 is 1.20 bits per heavy atom. The van der Waals surface area contributed by atoms with Crippen molar-refractivity contribution in [2.75, 3.05) is 26.7 Å². The highest BCUT2D eigenvalue weighted by atomic mass is 16.5. The van der Waals surface area contributed by atoms with Crippen LogP contribution in [0.2, 0.25) is 0 Å². The Morgan fingerprint density at radius 2 is 1.80 bits per heavy atom. The number of imide groups is 1. The monoisotopic (exact) mass is 283 g/mol. The number of nitrogens with one attached hydrogen (secondary N) is 2. The van der Waals surface area contributed by atoms with E-state index in [-0.39, 0.29) is 18.6 Å². The molecule has 0 aromatic heterocycles. The van der Waals surface area contributed by atoms with Crippen molar-refractivity contribution in [2.45, 2.75) is 13.0 Å². The maximum Gasteiger partial charge on any atom is 0.254 e. The van der Waals surface area contributed by atoms with Gasteiger partial charge in [0.25, 0.3) is 11.8 Å². The van der Waals surface area contributed by atoms with Crippen molar-refractivity contribution < 1.29 is 23.9 Å². The highest BCUT2D eigenvalue weighted by Gasteiger charge is 2.25. The number of carbonyl (C=O) groups excluding carboxylic acids is 4. The summed E-state index contributed by atoms with van der Waals surface area (Å²) in [7, 11) is 1.52. The molecule has 0 spiro atoms. The summed E-state index contributed by atoms with van der Waals surface area (Å²) in [6.45, 7) is 1.50. The van der Waals surface area contributed by atoms with Gasteiger partial charge >= 0.3 is 0 Å². The minimum absolute atomic E-state index is 0.124. The molecule has 8 nitrogen and oxygen atoms in total. The zero-order valence-electron chi connectivity index (χ0n) is 11.3. The number of hydrogen-bond acceptors (Lipinski definition) is 5. The molecular weight excluding hydrogens is 266 g/mol. The fourth-order valence-electron chi connectivity index (χ4n) is 1.37. The largest absolute Gasteiger partial charge is 0.380 e. The summed E-state index contributed by atoms with van der Waals surface area (Å²) in [5, 5.41) is 4.89. The van der Waals surface area contributed by atoms with Crippen molar-refractivity contribution in [3.8, 4) is 0 Å². The van der Waals surface area contributed by atoms with Crippen LogP contribution in [0.4, 0.5) is 0 Å². The van der Waals surface area contributed by atoms with Crippen LogP contribution in [0.5, 0.6) is 0 Å². The molecule has 1 rings (SSSR count). The van der Waals surface area contributed by atoms with Gasteiger partial charge in [-0.25, -0.2) is 0 Å². The van der Waals surface area contributed by atoms with Gasteiger partial charge in [-0.3, -0.25) is 24.1 Å². The van der Waals surface area contributed by atoms with E-state index in [4.69, 9.17) is 4.74 Å². The Hall–Kier alpha value is -2.22. The number of rotatable bonds is 7. The summed E-state index contributed by atoms with van der Waals surface area (Å²) >= 11 is 0. The Labute approximate surface area is 116 Å². The van der Waals surface area contributed by atoms with Crippen LogP contribution in [0, 0.1) is 0 Å². The number of amides is 4. The van der Waals surface area contributed by atoms with Crippen LogP contribution in [0.25, 0.3) is 0 Å². The second kappa shape index (κ2) is 7.39. The lowest BCUT2D eigenvalue weighted by atomic mass is 10.4. The minimum atomic E-state index is -0.578. The zero-order chi connectivity index (χ0) is 15.1. The van der Waals surface area contributed by atoms with E-state index in [1.54, 1.807) is 6.92 Å². The Balaban J connectivity index is 2.25. The fourth-order valence-corrected chi connectivity index (χ4v) is 1.37. The topological polar surface area (TPSA) is 105 Å². The predicted molar refractivity (Wildman–Crippen MR) is 68.4 cm³/mol. The molecule has 1 aliphatic rings. The van der Waals surface area contributed by atoms with Gasteiger partial charge in [-0.1, -0.05) is 0 Å². The molecule has 0 aromatic rings. The molecule has 4 amide bonds. The van der Waals surface area contributed by atoms with Crippen LogP contribution < -0.4 is 10.6 Å². The molecule has 20 heavy (non-hydrogen) atoms. The van der Waals surface area contributed by atoms with Gasteiger partial charge < -0.3 is 15.4 Å². The number of carbonyl (C=O) groups is 4. The zero-order valence-corrected chi connectivity index (χ0v) is 11.3. The van der Waals surface area contributed by atoms with Crippen LogP contribution in [-0.4, -0.2) is 61.4 Å². The van der Waals surface area contributed by atoms with Crippen LogP contribution in [0.15, 0.2) is 12.2 Å². The van der Waals surface area contributed by atoms with E-state index < -0.39 is 24.3 Å². The average Bonchev–Trinajstić information content (AvgIpc) is 2.74. The van der Waals surface area contributed by atoms with E-state index in [1.165, 1.54) is 7.11 Å². The van der Waals surface area contributed by atoms with E-state index in [0.29, 0.717) is 6.54 Å². The van der Waals surface area contributed by atoms with Gasteiger partial charge in [0.15, 0.2) is 0 Å². The first-order valence-electron chi connectivity index (χ1n) is 6.03. The van der Waals surface area contributed by atoms with E-state index in [2.05, 4.69) is 10.6 Å². The first-order valence-corrected chi connectivity index (χ1v) is 6.03. The molecule has 0 saturated heterocycles. The van der Waals surface area contributed by atoms with Gasteiger partial charge in [-0.2, -0.15) is 0 Å². The molecule has 0 bridgehead atoms. The molecular formula is C12H17N3O5. The lowest BCUT2D eigenvalue weighted by molar-refractivity contribution is -0.141. The molecule has 0 aliphatic carbocycles. The number of nitrogens with zero attached hydrogens (tertiary/aromatic N) is 1. The normalized spacial score (nSPS) is 15.4. The van der Waals surface area contributed by atoms with Gasteiger partial charge in [-0.05, 0) is 6.92 Å². The van der Waals surface area contributed by atoms with Crippen molar-refractivity contribution in [3.63, 3.8) is 0 Å². The number of methoxy groups -OCH3 is 1. The van der Waals surface area contributed by atoms with Crippen LogP contribution in [0.3, 0.4) is 0 Å². The SMILES string of the molecule is CO[C@@H](C)CNC(=O)CNC(=O)CN1C(=O)C=CC1=O. The molecule has 1 heterocycles. The summed E-state index contributed by atoms with van der Waals surface area (Å²) < 4.78 is 4.95. The van der Waals surface area contributed by atoms with Crippen LogP contribution in [-0.2, 0) is 23.9 Å². The van der Waals surface area contributed by atoms with Crippen molar-refractivity contribution in [2.24, 2.45) is 0 Å². The third-order valence-electron chi connectivity index (χ3n) is 2.64. The summed E-state index contributed by atoms with van der Waals surface area (Å²) in [6, 6.07) is 0. The average molecular weight is 283 g/mol. The van der Waals surface area contributed by atoms with E-state index in [1.807, 2.05) is 0 Å². The molecule has 0 saturated carbocycles. The lowest BCUT2D eigenvalue weighted by Crippen LogP contribution is -2.44. The molecule has 0 aromatic carbocycles. The third-order valence-corrected chi connectivity index (χ3v) is 2.64. The molecule has 1 aliphatic heterocycles. The van der Waals surface area contributed by atoms with Crippen molar-refractivity contribution in [3.05, 3.63) is 12.2 Å². The maximum atomic E-state index is 11.5. The highest BCUT2D eigenvalue weighted by molar-refractivity contribution is 6.14. The standard InChI is InChI=1S/C12H17N3O5/c1-8(20-2)5-13-9(16)6-14-10(17)7-15-11(18)3-4-12(15)19/h3-4,8H,5-7H2,1-2H3,(H,13,16)(H,14,17)/t8-/m0/s1. The predicted octanol–water partition coefficient (Wildman–Crippen LogP) is -1.82. The van der Waals surface area contributed by atoms with Gasteiger partial charge in [0, 0.05) is 25.8 Å². The molecule has 2 N–H and O–H groups in total. The van der Waals surface area contributed by atoms with Crippen molar-refractivity contribution in [1.82, 2.24) is 15.5 Å². The summed E-state index contributed by atoms with van der Waals surface area (Å²) in [4.78, 5) is 46.1. The Kier molecular flexibility index (Phi) is 5.85. The molecule has 0 unspecified atom stereocenters. The second-order valence-corrected chi connectivity index (χ2v) is 4.22. The van der Waals surface area contributed by atoms with Gasteiger partial charge in [0.2, 0.25) is 11.8 Å². The quantitative estimate of drug-likeness (QED) is 0.535. The highest BCUT2D eigenvalue weighted by Crippen LogP contribution is 2.01. The van der Waals surface area contributed by atoms with E-state index in [9.17, 15) is 19.2 Å². The third kappa shape index (κ3) is 4.81. The number of hydrogen-bond donors (Lipinski definition) is 2. The molecule has 1 atom stereocenters. The van der Waals surface area contributed by atoms with E-state index in [0.717, 1.165) is 17.1 Å². The summed E-state index contributed by atoms with van der Waals surface area (Å²) in [5.74, 6) is -2.03. The van der Waals surface area contributed by atoms with Gasteiger partial charge in [-0.15, -0.1) is 0 Å². The number of ether oxygens (including phenoxy) is 1. The van der Waals surface area contributed by atoms with Crippen molar-refractivity contribution in [1.29, 1.82) is 0 Å². The molecule has 8 heteroatoms. The second-order valence-electron chi connectivity index (χ2n) is 4.22. The lowest BCUT2D eigenvalue weighted by Gasteiger charge is -2.14. The van der Waals surface area contributed by atoms with Crippen molar-refractivity contribution >= 4 is 23.6 Å². The van der Waals surface area contributed by atoms with Crippen LogP contribution in [0.1, 0.15) is 6.92 Å². The summed E-state index contributed by atoms with van der Waals surface area (Å²) in [5.41, 5.74) is 0.